The molecule has 3 rings (SSSR count). The number of aromatic carboxylic acids is 1. The molecule has 0 aliphatic carbocycles. The summed E-state index contributed by atoms with van der Waals surface area (Å²) in [6.45, 7) is 0.0450. The van der Waals surface area contributed by atoms with Crippen LogP contribution in [0.4, 0.5) is 0 Å². The normalized spacial score (nSPS) is 10.8. The molecule has 0 aliphatic heterocycles. The molecule has 0 unspecified atom stereocenters. The summed E-state index contributed by atoms with van der Waals surface area (Å²) in [7, 11) is 3.04. The molecule has 0 radical (unpaired) electrons. The van der Waals surface area contributed by atoms with Gasteiger partial charge in [0.15, 0.2) is 0 Å². The smallest absolute Gasteiger partial charge is 0.354 e. The van der Waals surface area contributed by atoms with Crippen LogP contribution in [-0.2, 0) is 13.6 Å². The molecule has 0 atom stereocenters. The highest BCUT2D eigenvalue weighted by Gasteiger charge is 2.15. The lowest BCUT2D eigenvalue weighted by atomic mass is 10.2. The number of nitrogens with zero attached hydrogens (tertiary/aromatic N) is 3. The molecular weight excluding hydrogens is 326 g/mol. The van der Waals surface area contributed by atoms with Crippen LogP contribution in [0, 0.1) is 0 Å². The molecule has 2 heterocycles. The predicted molar refractivity (Wildman–Crippen MR) is 90.3 cm³/mol. The summed E-state index contributed by atoms with van der Waals surface area (Å²) in [6, 6.07) is 8.20. The Morgan fingerprint density at radius 1 is 1.28 bits per heavy atom. The van der Waals surface area contributed by atoms with Crippen molar-refractivity contribution in [3.05, 3.63) is 68.6 Å². The van der Waals surface area contributed by atoms with E-state index < -0.39 is 17.2 Å². The Balaban J connectivity index is 2.22. The average Bonchev–Trinajstić information content (AvgIpc) is 2.63. The first kappa shape index (κ1) is 16.4. The van der Waals surface area contributed by atoms with Gasteiger partial charge in [-0.3, -0.25) is 13.9 Å². The van der Waals surface area contributed by atoms with Gasteiger partial charge in [0.1, 0.15) is 11.4 Å². The van der Waals surface area contributed by atoms with E-state index in [1.807, 2.05) is 0 Å². The number of fused-ring (bicyclic) bond motifs is 1. The van der Waals surface area contributed by atoms with Crippen LogP contribution in [0.15, 0.2) is 46.1 Å². The number of ether oxygens (including phenoxy) is 1. The van der Waals surface area contributed by atoms with E-state index in [4.69, 9.17) is 9.84 Å². The molecule has 0 bridgehead atoms. The predicted octanol–water partition coefficient (Wildman–Crippen LogP) is 0.850. The molecule has 3 aromatic rings. The number of aryl methyl sites for hydroxylation is 1. The number of methoxy groups -OCH3 is 1. The molecule has 8 heteroatoms. The van der Waals surface area contributed by atoms with Crippen LogP contribution in [0.3, 0.4) is 0 Å². The number of carboxylic acids is 1. The number of carboxylic acid groups (broad SMARTS) is 1. The van der Waals surface area contributed by atoms with Crippen molar-refractivity contribution in [1.29, 1.82) is 0 Å². The molecule has 128 valence electrons. The molecule has 0 spiro atoms. The van der Waals surface area contributed by atoms with E-state index in [-0.39, 0.29) is 23.1 Å². The maximum Gasteiger partial charge on any atom is 0.354 e. The summed E-state index contributed by atoms with van der Waals surface area (Å²) < 4.78 is 7.48. The quantitative estimate of drug-likeness (QED) is 0.754. The van der Waals surface area contributed by atoms with Crippen molar-refractivity contribution < 1.29 is 14.6 Å². The van der Waals surface area contributed by atoms with Crippen LogP contribution in [-0.4, -0.2) is 32.3 Å². The summed E-state index contributed by atoms with van der Waals surface area (Å²) in [6.07, 6.45) is 1.22. The Labute approximate surface area is 141 Å². The van der Waals surface area contributed by atoms with Gasteiger partial charge in [0.2, 0.25) is 0 Å². The van der Waals surface area contributed by atoms with E-state index in [9.17, 15) is 14.4 Å². The molecule has 0 saturated heterocycles. The van der Waals surface area contributed by atoms with Gasteiger partial charge in [0, 0.05) is 7.05 Å². The maximum atomic E-state index is 12.7. The van der Waals surface area contributed by atoms with E-state index in [1.54, 1.807) is 24.3 Å². The largest absolute Gasteiger partial charge is 0.497 e. The zero-order chi connectivity index (χ0) is 18.1. The van der Waals surface area contributed by atoms with Gasteiger partial charge in [-0.05, 0) is 23.8 Å². The van der Waals surface area contributed by atoms with Gasteiger partial charge in [-0.1, -0.05) is 12.1 Å². The topological polar surface area (TPSA) is 103 Å². The Hall–Kier alpha value is -3.42. The van der Waals surface area contributed by atoms with E-state index in [0.717, 1.165) is 4.57 Å². The number of pyridine rings is 1. The van der Waals surface area contributed by atoms with Gasteiger partial charge >= 0.3 is 11.7 Å². The molecule has 1 N–H and O–H groups in total. The lowest BCUT2D eigenvalue weighted by Crippen LogP contribution is -2.39. The summed E-state index contributed by atoms with van der Waals surface area (Å²) in [5.41, 5.74) is -0.334. The van der Waals surface area contributed by atoms with Crippen molar-refractivity contribution in [3.8, 4) is 5.75 Å². The second-order valence-corrected chi connectivity index (χ2v) is 5.48. The molecule has 25 heavy (non-hydrogen) atoms. The van der Waals surface area contributed by atoms with Crippen LogP contribution in [0.1, 0.15) is 16.1 Å². The molecule has 1 aromatic carbocycles. The molecule has 8 nitrogen and oxygen atoms in total. The Morgan fingerprint density at radius 3 is 2.72 bits per heavy atom. The third-order valence-corrected chi connectivity index (χ3v) is 3.93. The van der Waals surface area contributed by atoms with Gasteiger partial charge in [-0.2, -0.15) is 0 Å². The fourth-order valence-electron chi connectivity index (χ4n) is 2.61. The lowest BCUT2D eigenvalue weighted by Gasteiger charge is -2.11. The first-order chi connectivity index (χ1) is 11.9. The zero-order valence-corrected chi connectivity index (χ0v) is 13.6. The molecule has 0 fully saturated rings. The van der Waals surface area contributed by atoms with Gasteiger partial charge in [0.25, 0.3) is 5.56 Å². The average molecular weight is 341 g/mol. The van der Waals surface area contributed by atoms with Crippen molar-refractivity contribution >= 4 is 16.9 Å². The minimum Gasteiger partial charge on any atom is -0.497 e. The standard InChI is InChI=1S/C17H15N3O5/c1-19-14-8-18-13(16(22)23)7-12(14)15(21)20(17(19)24)9-10-4-3-5-11(6-10)25-2/h3-8H,9H2,1-2H3,(H,22,23). The first-order valence-corrected chi connectivity index (χ1v) is 7.38. The van der Waals surface area contributed by atoms with Crippen molar-refractivity contribution in [1.82, 2.24) is 14.1 Å². The van der Waals surface area contributed by atoms with Crippen molar-refractivity contribution in [2.75, 3.05) is 7.11 Å². The Kier molecular flexibility index (Phi) is 4.10. The van der Waals surface area contributed by atoms with Crippen LogP contribution >= 0.6 is 0 Å². The van der Waals surface area contributed by atoms with Crippen LogP contribution in [0.2, 0.25) is 0 Å². The molecule has 0 amide bonds. The molecule has 0 aliphatic rings. The molecule has 0 saturated carbocycles. The highest BCUT2D eigenvalue weighted by molar-refractivity contribution is 5.90. The van der Waals surface area contributed by atoms with E-state index in [0.29, 0.717) is 11.3 Å². The third-order valence-electron chi connectivity index (χ3n) is 3.93. The van der Waals surface area contributed by atoms with Crippen molar-refractivity contribution in [3.63, 3.8) is 0 Å². The number of carbonyl (C=O) groups is 1. The maximum absolute atomic E-state index is 12.7. The minimum atomic E-state index is -1.24. The number of rotatable bonds is 4. The Morgan fingerprint density at radius 2 is 2.04 bits per heavy atom. The summed E-state index contributed by atoms with van der Waals surface area (Å²) in [5.74, 6) is -0.630. The Bertz CT molecular complexity index is 1100. The first-order valence-electron chi connectivity index (χ1n) is 7.38. The van der Waals surface area contributed by atoms with Gasteiger partial charge < -0.3 is 9.84 Å². The van der Waals surface area contributed by atoms with Crippen LogP contribution < -0.4 is 16.0 Å². The number of hydrogen-bond donors (Lipinski definition) is 1. The zero-order valence-electron chi connectivity index (χ0n) is 13.6. The van der Waals surface area contributed by atoms with Gasteiger partial charge in [-0.25, -0.2) is 14.6 Å². The summed E-state index contributed by atoms with van der Waals surface area (Å²) in [4.78, 5) is 40.1. The fourth-order valence-corrected chi connectivity index (χ4v) is 2.61. The number of hydrogen-bond acceptors (Lipinski definition) is 5. The SMILES string of the molecule is COc1cccc(Cn2c(=O)c3cc(C(=O)O)ncc3n(C)c2=O)c1. The highest BCUT2D eigenvalue weighted by Crippen LogP contribution is 2.13. The highest BCUT2D eigenvalue weighted by atomic mass is 16.5. The second kappa shape index (κ2) is 6.23. The van der Waals surface area contributed by atoms with E-state index in [2.05, 4.69) is 4.98 Å². The lowest BCUT2D eigenvalue weighted by molar-refractivity contribution is 0.0690. The molecule has 2 aromatic heterocycles. The summed E-state index contributed by atoms with van der Waals surface area (Å²) >= 11 is 0. The van der Waals surface area contributed by atoms with Crippen molar-refractivity contribution in [2.45, 2.75) is 6.54 Å². The molecular formula is C17H15N3O5. The number of benzene rings is 1. The monoisotopic (exact) mass is 341 g/mol. The summed E-state index contributed by atoms with van der Waals surface area (Å²) in [5, 5.41) is 9.19. The van der Waals surface area contributed by atoms with E-state index >= 15 is 0 Å². The van der Waals surface area contributed by atoms with Gasteiger partial charge in [0.05, 0.1) is 30.8 Å². The van der Waals surface area contributed by atoms with E-state index in [1.165, 1.54) is 31.0 Å². The minimum absolute atomic E-state index is 0.0450. The van der Waals surface area contributed by atoms with Crippen LogP contribution in [0.25, 0.3) is 10.9 Å². The van der Waals surface area contributed by atoms with Crippen LogP contribution in [0.5, 0.6) is 5.75 Å². The van der Waals surface area contributed by atoms with Crippen molar-refractivity contribution in [2.24, 2.45) is 7.05 Å². The van der Waals surface area contributed by atoms with Gasteiger partial charge in [-0.15, -0.1) is 0 Å². The third kappa shape index (κ3) is 2.89. The second-order valence-electron chi connectivity index (χ2n) is 5.48. The fraction of sp³-hybridized carbons (Fsp3) is 0.176. The number of aromatic nitrogens is 3.